The Morgan fingerprint density at radius 3 is 2.68 bits per heavy atom. The van der Waals surface area contributed by atoms with E-state index < -0.39 is 10.7 Å². The summed E-state index contributed by atoms with van der Waals surface area (Å²) in [6, 6.07) is 8.33. The third-order valence-corrected chi connectivity index (χ3v) is 2.89. The number of ether oxygens (including phenoxy) is 1. The minimum absolute atomic E-state index is 0.000810. The third-order valence-electron chi connectivity index (χ3n) is 2.28. The van der Waals surface area contributed by atoms with Crippen molar-refractivity contribution >= 4 is 27.3 Å². The molecular formula is C12H8BrFN2O3. The number of hydrogen-bond acceptors (Lipinski definition) is 4. The molecule has 0 amide bonds. The molecule has 0 saturated carbocycles. The average molecular weight is 327 g/mol. The standard InChI is InChI=1S/C12H8BrFN2O3/c13-9-5-11(16(17)18)12(6-10(9)14)19-8-3-1-2-7(15)4-8/h1-6H,15H2. The Bertz CT molecular complexity index is 649. The molecule has 19 heavy (non-hydrogen) atoms. The number of nitrogens with zero attached hydrogens (tertiary/aromatic N) is 1. The molecule has 5 nitrogen and oxygen atoms in total. The predicted molar refractivity (Wildman–Crippen MR) is 71.7 cm³/mol. The lowest BCUT2D eigenvalue weighted by molar-refractivity contribution is -0.385. The highest BCUT2D eigenvalue weighted by atomic mass is 79.9. The SMILES string of the molecule is Nc1cccc(Oc2cc(F)c(Br)cc2[N+](=O)[O-])c1. The number of nitro groups is 1. The fourth-order valence-corrected chi connectivity index (χ4v) is 1.78. The van der Waals surface area contributed by atoms with Crippen LogP contribution in [0.15, 0.2) is 40.9 Å². The molecule has 0 saturated heterocycles. The van der Waals surface area contributed by atoms with E-state index in [0.29, 0.717) is 11.4 Å². The van der Waals surface area contributed by atoms with E-state index in [1.165, 1.54) is 6.07 Å². The smallest absolute Gasteiger partial charge is 0.312 e. The van der Waals surface area contributed by atoms with Crippen LogP contribution in [0.3, 0.4) is 0 Å². The number of nitrogen functional groups attached to an aromatic ring is 1. The van der Waals surface area contributed by atoms with Crippen molar-refractivity contribution in [1.29, 1.82) is 0 Å². The van der Waals surface area contributed by atoms with Gasteiger partial charge in [0.15, 0.2) is 0 Å². The van der Waals surface area contributed by atoms with Gasteiger partial charge in [-0.2, -0.15) is 0 Å². The van der Waals surface area contributed by atoms with E-state index >= 15 is 0 Å². The van der Waals surface area contributed by atoms with E-state index in [4.69, 9.17) is 10.5 Å². The fourth-order valence-electron chi connectivity index (χ4n) is 1.45. The second-order valence-corrected chi connectivity index (χ2v) is 4.52. The Morgan fingerprint density at radius 2 is 2.05 bits per heavy atom. The Kier molecular flexibility index (Phi) is 3.66. The summed E-state index contributed by atoms with van der Waals surface area (Å²) in [4.78, 5) is 10.3. The minimum Gasteiger partial charge on any atom is -0.450 e. The monoisotopic (exact) mass is 326 g/mol. The number of nitro benzene ring substituents is 1. The second-order valence-electron chi connectivity index (χ2n) is 3.67. The molecule has 0 spiro atoms. The van der Waals surface area contributed by atoms with E-state index in [1.807, 2.05) is 0 Å². The zero-order valence-electron chi connectivity index (χ0n) is 9.47. The molecule has 2 aromatic rings. The molecule has 0 fully saturated rings. The van der Waals surface area contributed by atoms with Crippen LogP contribution < -0.4 is 10.5 Å². The molecule has 0 unspecified atom stereocenters. The number of nitrogens with two attached hydrogens (primary N) is 1. The van der Waals surface area contributed by atoms with Gasteiger partial charge in [-0.05, 0) is 28.1 Å². The maximum Gasteiger partial charge on any atom is 0.312 e. The summed E-state index contributed by atoms with van der Waals surface area (Å²) in [7, 11) is 0. The summed E-state index contributed by atoms with van der Waals surface area (Å²) in [6.45, 7) is 0. The van der Waals surface area contributed by atoms with Crippen molar-refractivity contribution in [3.8, 4) is 11.5 Å². The maximum absolute atomic E-state index is 13.4. The van der Waals surface area contributed by atoms with Gasteiger partial charge in [0.2, 0.25) is 5.75 Å². The van der Waals surface area contributed by atoms with Gasteiger partial charge in [-0.3, -0.25) is 10.1 Å². The van der Waals surface area contributed by atoms with Gasteiger partial charge < -0.3 is 10.5 Å². The molecule has 7 heteroatoms. The molecule has 0 atom stereocenters. The van der Waals surface area contributed by atoms with Crippen LogP contribution in [0.1, 0.15) is 0 Å². The van der Waals surface area contributed by atoms with Crippen molar-refractivity contribution in [2.24, 2.45) is 0 Å². The average Bonchev–Trinajstić information content (AvgIpc) is 2.33. The van der Waals surface area contributed by atoms with Crippen molar-refractivity contribution in [2.45, 2.75) is 0 Å². The summed E-state index contributed by atoms with van der Waals surface area (Å²) in [5.74, 6) is -0.536. The first-order chi connectivity index (χ1) is 8.97. The van der Waals surface area contributed by atoms with Crippen LogP contribution in [0.2, 0.25) is 0 Å². The minimum atomic E-state index is -0.649. The van der Waals surface area contributed by atoms with E-state index in [2.05, 4.69) is 15.9 Å². The lowest BCUT2D eigenvalue weighted by Gasteiger charge is -2.07. The first-order valence-corrected chi connectivity index (χ1v) is 5.93. The molecule has 0 radical (unpaired) electrons. The molecule has 0 aromatic heterocycles. The van der Waals surface area contributed by atoms with Gasteiger partial charge in [0, 0.05) is 23.9 Å². The van der Waals surface area contributed by atoms with E-state index in [-0.39, 0.29) is 15.9 Å². The number of rotatable bonds is 3. The summed E-state index contributed by atoms with van der Waals surface area (Å²) < 4.78 is 18.7. The Labute approximate surface area is 116 Å². The van der Waals surface area contributed by atoms with E-state index in [0.717, 1.165) is 12.1 Å². The molecule has 98 valence electrons. The van der Waals surface area contributed by atoms with Gasteiger partial charge in [-0.1, -0.05) is 6.07 Å². The highest BCUT2D eigenvalue weighted by molar-refractivity contribution is 9.10. The van der Waals surface area contributed by atoms with Gasteiger partial charge in [-0.15, -0.1) is 0 Å². The van der Waals surface area contributed by atoms with Gasteiger partial charge >= 0.3 is 5.69 Å². The molecule has 0 heterocycles. The van der Waals surface area contributed by atoms with Crippen LogP contribution in [0.25, 0.3) is 0 Å². The lowest BCUT2D eigenvalue weighted by Crippen LogP contribution is -1.95. The number of hydrogen-bond donors (Lipinski definition) is 1. The van der Waals surface area contributed by atoms with Crippen molar-refractivity contribution in [3.05, 3.63) is 56.8 Å². The van der Waals surface area contributed by atoms with Crippen LogP contribution in [0.5, 0.6) is 11.5 Å². The van der Waals surface area contributed by atoms with Crippen molar-refractivity contribution < 1.29 is 14.1 Å². The van der Waals surface area contributed by atoms with E-state index in [9.17, 15) is 14.5 Å². The third kappa shape index (κ3) is 3.00. The first kappa shape index (κ1) is 13.3. The summed E-state index contributed by atoms with van der Waals surface area (Å²) in [5.41, 5.74) is 5.67. The number of anilines is 1. The maximum atomic E-state index is 13.4. The zero-order valence-corrected chi connectivity index (χ0v) is 11.1. The summed E-state index contributed by atoms with van der Waals surface area (Å²) >= 11 is 2.89. The van der Waals surface area contributed by atoms with Crippen molar-refractivity contribution in [2.75, 3.05) is 5.73 Å². The largest absolute Gasteiger partial charge is 0.450 e. The Balaban J connectivity index is 2.44. The molecular weight excluding hydrogens is 319 g/mol. The summed E-state index contributed by atoms with van der Waals surface area (Å²) in [6.07, 6.45) is 0. The van der Waals surface area contributed by atoms with Gasteiger partial charge in [0.25, 0.3) is 0 Å². The second kappa shape index (κ2) is 5.23. The van der Waals surface area contributed by atoms with Crippen molar-refractivity contribution in [1.82, 2.24) is 0 Å². The molecule has 2 rings (SSSR count). The first-order valence-electron chi connectivity index (χ1n) is 5.14. The number of halogens is 2. The lowest BCUT2D eigenvalue weighted by atomic mass is 10.2. The van der Waals surface area contributed by atoms with E-state index in [1.54, 1.807) is 18.2 Å². The van der Waals surface area contributed by atoms with Gasteiger partial charge in [-0.25, -0.2) is 4.39 Å². The predicted octanol–water partition coefficient (Wildman–Crippen LogP) is 3.87. The van der Waals surface area contributed by atoms with Crippen molar-refractivity contribution in [3.63, 3.8) is 0 Å². The van der Waals surface area contributed by atoms with Crippen LogP contribution in [0.4, 0.5) is 15.8 Å². The molecule has 0 aliphatic carbocycles. The topological polar surface area (TPSA) is 78.4 Å². The number of benzene rings is 2. The highest BCUT2D eigenvalue weighted by Crippen LogP contribution is 2.35. The molecule has 2 N–H and O–H groups in total. The van der Waals surface area contributed by atoms with Gasteiger partial charge in [0.1, 0.15) is 11.6 Å². The van der Waals surface area contributed by atoms with Crippen LogP contribution >= 0.6 is 15.9 Å². The highest BCUT2D eigenvalue weighted by Gasteiger charge is 2.19. The van der Waals surface area contributed by atoms with Gasteiger partial charge in [0.05, 0.1) is 9.40 Å². The normalized spacial score (nSPS) is 10.2. The Morgan fingerprint density at radius 1 is 1.32 bits per heavy atom. The molecule has 0 bridgehead atoms. The van der Waals surface area contributed by atoms with Crippen LogP contribution in [0, 0.1) is 15.9 Å². The quantitative estimate of drug-likeness (QED) is 0.527. The molecule has 2 aromatic carbocycles. The molecule has 0 aliphatic heterocycles. The Hall–Kier alpha value is -2.15. The summed E-state index contributed by atoms with van der Waals surface area (Å²) in [5, 5.41) is 10.9. The molecule has 0 aliphatic rings. The van der Waals surface area contributed by atoms with Crippen LogP contribution in [-0.4, -0.2) is 4.92 Å². The zero-order chi connectivity index (χ0) is 14.0. The fraction of sp³-hybridized carbons (Fsp3) is 0. The van der Waals surface area contributed by atoms with Crippen LogP contribution in [-0.2, 0) is 0 Å².